The van der Waals surface area contributed by atoms with Gasteiger partial charge in [-0.25, -0.2) is 4.98 Å². The SMILES string of the molecule is O=C(Nc1ccc2nc(CN3CCOCC3)[nH]c2c1)c1ccc2[nH]c3c(c2c1)CCCC3. The van der Waals surface area contributed by atoms with Crippen molar-refractivity contribution in [2.45, 2.75) is 32.2 Å². The molecule has 7 nitrogen and oxygen atoms in total. The number of ether oxygens (including phenoxy) is 1. The predicted octanol–water partition coefficient (Wildman–Crippen LogP) is 4.01. The van der Waals surface area contributed by atoms with E-state index in [1.807, 2.05) is 36.4 Å². The number of amides is 1. The summed E-state index contributed by atoms with van der Waals surface area (Å²) in [5.74, 6) is 0.845. The first kappa shape index (κ1) is 19.5. The number of nitrogens with one attached hydrogen (secondary N) is 3. The van der Waals surface area contributed by atoms with Crippen molar-refractivity contribution in [1.82, 2.24) is 19.9 Å². The van der Waals surface area contributed by atoms with Gasteiger partial charge in [-0.15, -0.1) is 0 Å². The second-order valence-corrected chi connectivity index (χ2v) is 8.81. The third kappa shape index (κ3) is 3.67. The molecule has 2 aromatic heterocycles. The second-order valence-electron chi connectivity index (χ2n) is 8.81. The number of hydrogen-bond acceptors (Lipinski definition) is 4. The summed E-state index contributed by atoms with van der Waals surface area (Å²) in [6.07, 6.45) is 4.64. The molecular formula is C25H27N5O2. The topological polar surface area (TPSA) is 86.0 Å². The summed E-state index contributed by atoms with van der Waals surface area (Å²) in [6, 6.07) is 11.8. The number of morpholine rings is 1. The van der Waals surface area contributed by atoms with E-state index in [2.05, 4.69) is 20.2 Å². The number of carbonyl (C=O) groups is 1. The molecule has 3 N–H and O–H groups in total. The van der Waals surface area contributed by atoms with Crippen LogP contribution in [0.4, 0.5) is 5.69 Å². The Labute approximate surface area is 186 Å². The predicted molar refractivity (Wildman–Crippen MR) is 125 cm³/mol. The number of nitrogens with zero attached hydrogens (tertiary/aromatic N) is 2. The minimum absolute atomic E-state index is 0.0925. The lowest BCUT2D eigenvalue weighted by molar-refractivity contribution is 0.0332. The highest BCUT2D eigenvalue weighted by molar-refractivity contribution is 6.07. The summed E-state index contributed by atoms with van der Waals surface area (Å²) in [5, 5.41) is 4.24. The first-order valence-electron chi connectivity index (χ1n) is 11.5. The maximum atomic E-state index is 13.0. The number of fused-ring (bicyclic) bond motifs is 4. The number of H-pyrrole nitrogens is 2. The van der Waals surface area contributed by atoms with Crippen molar-refractivity contribution in [2.24, 2.45) is 0 Å². The minimum Gasteiger partial charge on any atom is -0.379 e. The molecule has 164 valence electrons. The van der Waals surface area contributed by atoms with Crippen molar-refractivity contribution in [1.29, 1.82) is 0 Å². The summed E-state index contributed by atoms with van der Waals surface area (Å²) in [4.78, 5) is 27.0. The number of benzene rings is 2. The Bertz CT molecular complexity index is 1300. The first-order valence-corrected chi connectivity index (χ1v) is 11.5. The molecule has 0 atom stereocenters. The molecule has 6 rings (SSSR count). The van der Waals surface area contributed by atoms with Crippen LogP contribution < -0.4 is 5.32 Å². The van der Waals surface area contributed by atoms with Crippen LogP contribution in [-0.4, -0.2) is 52.1 Å². The lowest BCUT2D eigenvalue weighted by Crippen LogP contribution is -2.35. The molecular weight excluding hydrogens is 402 g/mol. The molecule has 1 amide bonds. The van der Waals surface area contributed by atoms with Gasteiger partial charge in [0.05, 0.1) is 30.8 Å². The van der Waals surface area contributed by atoms with Gasteiger partial charge in [-0.3, -0.25) is 9.69 Å². The number of carbonyl (C=O) groups excluding carboxylic acids is 1. The van der Waals surface area contributed by atoms with Crippen molar-refractivity contribution in [3.63, 3.8) is 0 Å². The summed E-state index contributed by atoms with van der Waals surface area (Å²) >= 11 is 0. The third-order valence-corrected chi connectivity index (χ3v) is 6.63. The van der Waals surface area contributed by atoms with Crippen LogP contribution in [0, 0.1) is 0 Å². The van der Waals surface area contributed by atoms with Gasteiger partial charge in [0.2, 0.25) is 0 Å². The maximum Gasteiger partial charge on any atom is 0.255 e. The van der Waals surface area contributed by atoms with Crippen LogP contribution in [0.1, 0.15) is 40.3 Å². The number of aromatic nitrogens is 3. The van der Waals surface area contributed by atoms with E-state index in [0.29, 0.717) is 5.56 Å². The summed E-state index contributed by atoms with van der Waals surface area (Å²) in [6.45, 7) is 4.17. The zero-order chi connectivity index (χ0) is 21.5. The van der Waals surface area contributed by atoms with E-state index >= 15 is 0 Å². The second kappa shape index (κ2) is 8.07. The Kier molecular flexibility index (Phi) is 4.92. The van der Waals surface area contributed by atoms with E-state index in [-0.39, 0.29) is 5.91 Å². The first-order chi connectivity index (χ1) is 15.7. The standard InChI is InChI=1S/C25H27N5O2/c31-25(16-5-7-21-19(13-16)18-3-1-2-4-20(18)27-21)26-17-6-8-22-23(14-17)29-24(28-22)15-30-9-11-32-12-10-30/h5-8,13-14,27H,1-4,9-12,15H2,(H,26,31)(H,28,29). The Morgan fingerprint density at radius 3 is 2.81 bits per heavy atom. The molecule has 0 bridgehead atoms. The molecule has 1 fully saturated rings. The van der Waals surface area contributed by atoms with Crippen molar-refractivity contribution >= 4 is 33.5 Å². The molecule has 0 radical (unpaired) electrons. The Morgan fingerprint density at radius 2 is 1.91 bits per heavy atom. The quantitative estimate of drug-likeness (QED) is 0.458. The van der Waals surface area contributed by atoms with Gasteiger partial charge in [-0.2, -0.15) is 0 Å². The number of anilines is 1. The average Bonchev–Trinajstić information content (AvgIpc) is 3.39. The van der Waals surface area contributed by atoms with E-state index in [9.17, 15) is 4.79 Å². The lowest BCUT2D eigenvalue weighted by atomic mass is 9.95. The van der Waals surface area contributed by atoms with Crippen LogP contribution in [0.2, 0.25) is 0 Å². The fourth-order valence-corrected chi connectivity index (χ4v) is 4.94. The van der Waals surface area contributed by atoms with Crippen LogP contribution >= 0.6 is 0 Å². The average molecular weight is 430 g/mol. The van der Waals surface area contributed by atoms with E-state index in [4.69, 9.17) is 9.72 Å². The molecule has 0 saturated carbocycles. The zero-order valence-electron chi connectivity index (χ0n) is 18.0. The molecule has 1 aliphatic heterocycles. The monoisotopic (exact) mass is 429 g/mol. The molecule has 1 saturated heterocycles. The van der Waals surface area contributed by atoms with E-state index in [1.165, 1.54) is 29.5 Å². The van der Waals surface area contributed by atoms with Gasteiger partial charge in [-0.05, 0) is 67.6 Å². The number of hydrogen-bond donors (Lipinski definition) is 3. The number of rotatable bonds is 4. The number of aromatic amines is 2. The molecule has 3 heterocycles. The lowest BCUT2D eigenvalue weighted by Gasteiger charge is -2.25. The van der Waals surface area contributed by atoms with Crippen molar-refractivity contribution in [3.8, 4) is 0 Å². The van der Waals surface area contributed by atoms with Crippen molar-refractivity contribution in [3.05, 3.63) is 59.0 Å². The Morgan fingerprint density at radius 1 is 1.03 bits per heavy atom. The third-order valence-electron chi connectivity index (χ3n) is 6.63. The van der Waals surface area contributed by atoms with Crippen molar-refractivity contribution < 1.29 is 9.53 Å². The molecule has 2 aromatic carbocycles. The maximum absolute atomic E-state index is 13.0. The number of aryl methyl sites for hydroxylation is 2. The molecule has 32 heavy (non-hydrogen) atoms. The highest BCUT2D eigenvalue weighted by Gasteiger charge is 2.17. The molecule has 7 heteroatoms. The largest absolute Gasteiger partial charge is 0.379 e. The Hall–Kier alpha value is -3.16. The van der Waals surface area contributed by atoms with Gasteiger partial charge in [0.15, 0.2) is 0 Å². The molecule has 2 aliphatic rings. The Balaban J connectivity index is 1.21. The molecule has 0 spiro atoms. The van der Waals surface area contributed by atoms with Gasteiger partial charge in [-0.1, -0.05) is 0 Å². The highest BCUT2D eigenvalue weighted by Crippen LogP contribution is 2.30. The fraction of sp³-hybridized carbons (Fsp3) is 0.360. The van der Waals surface area contributed by atoms with Gasteiger partial charge in [0, 0.05) is 40.9 Å². The molecule has 1 aliphatic carbocycles. The van der Waals surface area contributed by atoms with E-state index in [0.717, 1.165) is 73.8 Å². The van der Waals surface area contributed by atoms with Gasteiger partial charge in [0.1, 0.15) is 5.82 Å². The summed E-state index contributed by atoms with van der Waals surface area (Å²) in [5.41, 5.74) is 7.13. The van der Waals surface area contributed by atoms with E-state index < -0.39 is 0 Å². The summed E-state index contributed by atoms with van der Waals surface area (Å²) < 4.78 is 5.42. The molecule has 0 unspecified atom stereocenters. The summed E-state index contributed by atoms with van der Waals surface area (Å²) in [7, 11) is 0. The van der Waals surface area contributed by atoms with Crippen molar-refractivity contribution in [2.75, 3.05) is 31.6 Å². The minimum atomic E-state index is -0.0925. The smallest absolute Gasteiger partial charge is 0.255 e. The normalized spacial score (nSPS) is 17.0. The van der Waals surface area contributed by atoms with Crippen LogP contribution in [0.25, 0.3) is 21.9 Å². The zero-order valence-corrected chi connectivity index (χ0v) is 18.0. The fourth-order valence-electron chi connectivity index (χ4n) is 4.94. The van der Waals surface area contributed by atoms with Crippen LogP contribution in [0.3, 0.4) is 0 Å². The van der Waals surface area contributed by atoms with Crippen LogP contribution in [-0.2, 0) is 24.1 Å². The van der Waals surface area contributed by atoms with E-state index in [1.54, 1.807) is 0 Å². The highest BCUT2D eigenvalue weighted by atomic mass is 16.5. The van der Waals surface area contributed by atoms with Crippen LogP contribution in [0.5, 0.6) is 0 Å². The molecule has 4 aromatic rings. The van der Waals surface area contributed by atoms with Gasteiger partial charge >= 0.3 is 0 Å². The van der Waals surface area contributed by atoms with Gasteiger partial charge in [0.25, 0.3) is 5.91 Å². The van der Waals surface area contributed by atoms with Gasteiger partial charge < -0.3 is 20.0 Å². The van der Waals surface area contributed by atoms with Crippen LogP contribution in [0.15, 0.2) is 36.4 Å². The number of imidazole rings is 1.